The topological polar surface area (TPSA) is 21.8 Å². The first-order chi connectivity index (χ1) is 8.17. The summed E-state index contributed by atoms with van der Waals surface area (Å²) in [6.45, 7) is 6.16. The van der Waals surface area contributed by atoms with Gasteiger partial charge in [0.05, 0.1) is 19.8 Å². The van der Waals surface area contributed by atoms with E-state index in [9.17, 15) is 0 Å². The Morgan fingerprint density at radius 3 is 2.94 bits per heavy atom. The van der Waals surface area contributed by atoms with Gasteiger partial charge in [-0.15, -0.1) is 0 Å². The van der Waals surface area contributed by atoms with Crippen molar-refractivity contribution in [3.8, 4) is 0 Å². The van der Waals surface area contributed by atoms with Crippen LogP contribution >= 0.6 is 0 Å². The zero-order chi connectivity index (χ0) is 11.9. The fraction of sp³-hybridized carbons (Fsp3) is 1.00. The maximum atomic E-state index is 6.04. The molecule has 98 valence electrons. The SMILES string of the molecule is C[SiH]1OCCC[Si]1(C)CCC1CCC2OC2C1. The van der Waals surface area contributed by atoms with Crippen LogP contribution < -0.4 is 0 Å². The predicted octanol–water partition coefficient (Wildman–Crippen LogP) is 2.87. The van der Waals surface area contributed by atoms with Crippen LogP contribution in [0.5, 0.6) is 0 Å². The van der Waals surface area contributed by atoms with Crippen LogP contribution in [0.15, 0.2) is 0 Å². The molecule has 0 amide bonds. The second-order valence-electron chi connectivity index (χ2n) is 6.70. The van der Waals surface area contributed by atoms with Crippen molar-refractivity contribution < 1.29 is 9.16 Å². The molecule has 5 unspecified atom stereocenters. The molecule has 0 aromatic rings. The molecule has 0 aromatic heterocycles. The van der Waals surface area contributed by atoms with E-state index < -0.39 is 16.1 Å². The molecule has 0 N–H and O–H groups in total. The van der Waals surface area contributed by atoms with Gasteiger partial charge >= 0.3 is 0 Å². The highest BCUT2D eigenvalue weighted by Crippen LogP contribution is 2.42. The summed E-state index contributed by atoms with van der Waals surface area (Å²) in [6, 6.07) is 3.10. The Balaban J connectivity index is 1.48. The minimum absolute atomic E-state index is 0.667. The third kappa shape index (κ3) is 2.70. The standard InChI is InChI=1S/C13H26O2Si2/c1-16-14-7-3-8-17(16,2)9-6-11-4-5-12-13(10-11)15-12/h11-13,16H,3-10H2,1-2H3. The zero-order valence-corrected chi connectivity index (χ0v) is 13.4. The molecule has 0 radical (unpaired) electrons. The second-order valence-corrected chi connectivity index (χ2v) is 19.2. The van der Waals surface area contributed by atoms with E-state index in [4.69, 9.17) is 9.16 Å². The first-order valence-corrected chi connectivity index (χ1v) is 13.8. The van der Waals surface area contributed by atoms with E-state index in [1.54, 1.807) is 12.1 Å². The smallest absolute Gasteiger partial charge is 0.162 e. The van der Waals surface area contributed by atoms with Crippen LogP contribution in [0.25, 0.3) is 0 Å². The molecule has 1 saturated carbocycles. The van der Waals surface area contributed by atoms with Crippen LogP contribution in [0.1, 0.15) is 32.1 Å². The van der Waals surface area contributed by atoms with Crippen LogP contribution in [0, 0.1) is 5.92 Å². The molecule has 2 saturated heterocycles. The molecule has 2 heterocycles. The average Bonchev–Trinajstić information content (AvgIpc) is 3.09. The fourth-order valence-corrected chi connectivity index (χ4v) is 12.9. The van der Waals surface area contributed by atoms with Gasteiger partial charge in [0, 0.05) is 6.61 Å². The predicted molar refractivity (Wildman–Crippen MR) is 75.4 cm³/mol. The van der Waals surface area contributed by atoms with E-state index in [-0.39, 0.29) is 0 Å². The normalized spacial score (nSPS) is 49.8. The lowest BCUT2D eigenvalue weighted by molar-refractivity contribution is 0.319. The fourth-order valence-electron chi connectivity index (χ4n) is 3.75. The monoisotopic (exact) mass is 270 g/mol. The summed E-state index contributed by atoms with van der Waals surface area (Å²) in [4.78, 5) is 0. The Bertz CT molecular complexity index is 287. The molecule has 5 atom stereocenters. The lowest BCUT2D eigenvalue weighted by atomic mass is 9.88. The van der Waals surface area contributed by atoms with Crippen molar-refractivity contribution in [2.24, 2.45) is 5.92 Å². The van der Waals surface area contributed by atoms with E-state index in [1.807, 2.05) is 0 Å². The molecule has 0 bridgehead atoms. The number of hydrogen-bond donors (Lipinski definition) is 0. The minimum atomic E-state index is -0.956. The number of rotatable bonds is 3. The van der Waals surface area contributed by atoms with Crippen molar-refractivity contribution in [1.82, 2.24) is 0 Å². The van der Waals surface area contributed by atoms with Gasteiger partial charge in [0.25, 0.3) is 0 Å². The van der Waals surface area contributed by atoms with Gasteiger partial charge in [0.2, 0.25) is 0 Å². The summed E-state index contributed by atoms with van der Waals surface area (Å²) < 4.78 is 11.7. The number of fused-ring (bicyclic) bond motifs is 1. The van der Waals surface area contributed by atoms with Gasteiger partial charge in [0.1, 0.15) is 0 Å². The Labute approximate surface area is 108 Å². The molecule has 17 heavy (non-hydrogen) atoms. The summed E-state index contributed by atoms with van der Waals surface area (Å²) in [5, 5.41) is 0. The molecule has 3 fully saturated rings. The van der Waals surface area contributed by atoms with E-state index in [2.05, 4.69) is 13.1 Å². The van der Waals surface area contributed by atoms with Crippen LogP contribution in [0.3, 0.4) is 0 Å². The van der Waals surface area contributed by atoms with Crippen molar-refractivity contribution in [3.63, 3.8) is 0 Å². The van der Waals surface area contributed by atoms with Crippen molar-refractivity contribution in [2.75, 3.05) is 6.61 Å². The van der Waals surface area contributed by atoms with Crippen molar-refractivity contribution in [3.05, 3.63) is 0 Å². The number of epoxide rings is 1. The van der Waals surface area contributed by atoms with Gasteiger partial charge in [-0.05, 0) is 31.6 Å². The molecule has 3 aliphatic rings. The molecule has 3 rings (SSSR count). The van der Waals surface area contributed by atoms with Crippen LogP contribution in [-0.4, -0.2) is 35.0 Å². The average molecular weight is 271 g/mol. The molecule has 2 nitrogen and oxygen atoms in total. The summed E-state index contributed by atoms with van der Waals surface area (Å²) in [7, 11) is -1.75. The van der Waals surface area contributed by atoms with E-state index in [0.29, 0.717) is 12.2 Å². The highest BCUT2D eigenvalue weighted by Gasteiger charge is 2.45. The summed E-state index contributed by atoms with van der Waals surface area (Å²) >= 11 is 0. The highest BCUT2D eigenvalue weighted by atomic mass is 29.2. The van der Waals surface area contributed by atoms with Crippen LogP contribution in [0.2, 0.25) is 25.2 Å². The second kappa shape index (κ2) is 4.80. The first-order valence-electron chi connectivity index (χ1n) is 7.44. The van der Waals surface area contributed by atoms with E-state index in [1.165, 1.54) is 32.1 Å². The summed E-state index contributed by atoms with van der Waals surface area (Å²) in [5.41, 5.74) is 0. The van der Waals surface area contributed by atoms with Gasteiger partial charge in [0.15, 0.2) is 8.56 Å². The van der Waals surface area contributed by atoms with Gasteiger partial charge in [-0.2, -0.15) is 0 Å². The van der Waals surface area contributed by atoms with Crippen molar-refractivity contribution in [1.29, 1.82) is 0 Å². The number of hydrogen-bond acceptors (Lipinski definition) is 2. The van der Waals surface area contributed by atoms with Gasteiger partial charge in [-0.1, -0.05) is 31.6 Å². The third-order valence-corrected chi connectivity index (χ3v) is 19.2. The highest BCUT2D eigenvalue weighted by molar-refractivity contribution is 7.30. The molecule has 4 heteroatoms. The van der Waals surface area contributed by atoms with E-state index >= 15 is 0 Å². The first kappa shape index (κ1) is 12.4. The van der Waals surface area contributed by atoms with Crippen molar-refractivity contribution in [2.45, 2.75) is 69.5 Å². The van der Waals surface area contributed by atoms with Crippen molar-refractivity contribution >= 4 is 16.1 Å². The van der Waals surface area contributed by atoms with Gasteiger partial charge < -0.3 is 9.16 Å². The molecular formula is C13H26O2Si2. The number of ether oxygens (including phenoxy) is 1. The molecule has 0 spiro atoms. The van der Waals surface area contributed by atoms with Gasteiger partial charge in [-0.25, -0.2) is 0 Å². The summed E-state index contributed by atoms with van der Waals surface area (Å²) in [5.74, 6) is 0.978. The molecular weight excluding hydrogens is 244 g/mol. The van der Waals surface area contributed by atoms with Crippen LogP contribution in [0.4, 0.5) is 0 Å². The molecule has 1 aliphatic carbocycles. The maximum Gasteiger partial charge on any atom is 0.162 e. The molecule has 2 aliphatic heterocycles. The minimum Gasteiger partial charge on any atom is -0.424 e. The quantitative estimate of drug-likeness (QED) is 0.581. The molecule has 0 aromatic carbocycles. The van der Waals surface area contributed by atoms with Gasteiger partial charge in [-0.3, -0.25) is 0 Å². The lowest BCUT2D eigenvalue weighted by Crippen LogP contribution is -2.51. The summed E-state index contributed by atoms with van der Waals surface area (Å²) in [6.07, 6.45) is 8.31. The zero-order valence-electron chi connectivity index (χ0n) is 11.3. The Morgan fingerprint density at radius 2 is 2.18 bits per heavy atom. The lowest BCUT2D eigenvalue weighted by Gasteiger charge is -2.37. The third-order valence-electron chi connectivity index (χ3n) is 5.48. The largest absolute Gasteiger partial charge is 0.424 e. The van der Waals surface area contributed by atoms with E-state index in [0.717, 1.165) is 12.5 Å². The van der Waals surface area contributed by atoms with Crippen LogP contribution in [-0.2, 0) is 9.16 Å². The Kier molecular flexibility index (Phi) is 3.50. The maximum absolute atomic E-state index is 6.04. The Hall–Kier alpha value is 0.354. The Morgan fingerprint density at radius 1 is 1.29 bits per heavy atom.